The third-order valence-electron chi connectivity index (χ3n) is 10.2. The minimum Gasteiger partial charge on any atom is -0.478 e. The van der Waals surface area contributed by atoms with E-state index in [1.165, 1.54) is 44.6 Å². The topological polar surface area (TPSA) is 121 Å². The third kappa shape index (κ3) is 14.9. The van der Waals surface area contributed by atoms with Crippen LogP contribution in [-0.2, 0) is 9.53 Å². The molecule has 58 heavy (non-hydrogen) atoms. The number of nitrogens with one attached hydrogen (secondary N) is 1. The molecule has 2 aromatic carbocycles. The van der Waals surface area contributed by atoms with Crippen molar-refractivity contribution in [3.63, 3.8) is 0 Å². The number of anilines is 2. The van der Waals surface area contributed by atoms with Crippen LogP contribution in [0.15, 0.2) is 91.9 Å². The molecule has 318 valence electrons. The van der Waals surface area contributed by atoms with Crippen molar-refractivity contribution in [1.29, 1.82) is 0 Å². The molecule has 1 aliphatic heterocycles. The molecule has 1 saturated carbocycles. The van der Waals surface area contributed by atoms with E-state index < -0.39 is 5.97 Å². The summed E-state index contributed by atoms with van der Waals surface area (Å²) in [5.41, 5.74) is 4.45. The van der Waals surface area contributed by atoms with Crippen LogP contribution in [0.5, 0.6) is 0 Å². The number of hydrogen-bond acceptors (Lipinski definition) is 8. The number of benzene rings is 2. The lowest BCUT2D eigenvalue weighted by molar-refractivity contribution is -0.118. The van der Waals surface area contributed by atoms with Crippen LogP contribution in [0.25, 0.3) is 22.1 Å². The highest BCUT2D eigenvalue weighted by molar-refractivity contribution is 6.04. The second-order valence-corrected chi connectivity index (χ2v) is 14.4. The van der Waals surface area contributed by atoms with Gasteiger partial charge >= 0.3 is 5.97 Å². The number of fused-ring (bicyclic) bond motifs is 1. The smallest absolute Gasteiger partial charge is 0.335 e. The molecular formula is C49H71N3O6. The number of hydrogen-bond donors (Lipinski definition) is 2. The van der Waals surface area contributed by atoms with E-state index in [4.69, 9.17) is 14.1 Å². The summed E-state index contributed by atoms with van der Waals surface area (Å²) in [7, 11) is 0. The molecule has 1 unspecified atom stereocenters. The molecule has 2 aliphatic rings. The molecule has 1 atom stereocenters. The van der Waals surface area contributed by atoms with Crippen molar-refractivity contribution < 1.29 is 23.8 Å². The Bertz CT molecular complexity index is 1940. The molecule has 9 heteroatoms. The van der Waals surface area contributed by atoms with Crippen molar-refractivity contribution in [2.75, 3.05) is 36.5 Å². The number of carbonyl (C=O) groups is 2. The summed E-state index contributed by atoms with van der Waals surface area (Å²) in [6, 6.07) is 11.8. The molecule has 2 fully saturated rings. The van der Waals surface area contributed by atoms with Crippen molar-refractivity contribution in [3.05, 3.63) is 93.4 Å². The molecule has 9 nitrogen and oxygen atoms in total. The number of carboxylic acid groups (broad SMARTS) is 1. The van der Waals surface area contributed by atoms with Gasteiger partial charge in [0.2, 0.25) is 0 Å². The fraction of sp³-hybridized carbons (Fsp3) is 0.510. The highest BCUT2D eigenvalue weighted by Gasteiger charge is 2.18. The highest BCUT2D eigenvalue weighted by Crippen LogP contribution is 2.30. The lowest BCUT2D eigenvalue weighted by atomic mass is 9.96. The number of ether oxygens (including phenoxy) is 1. The Hall–Kier alpha value is -4.76. The van der Waals surface area contributed by atoms with Crippen LogP contribution in [-0.4, -0.2) is 48.9 Å². The number of nitrogens with zero attached hydrogens (tertiary/aromatic N) is 2. The number of ketones is 1. The van der Waals surface area contributed by atoms with Gasteiger partial charge in [0, 0.05) is 36.5 Å². The van der Waals surface area contributed by atoms with E-state index in [0.717, 1.165) is 17.9 Å². The molecule has 0 amide bonds. The van der Waals surface area contributed by atoms with Crippen molar-refractivity contribution in [3.8, 4) is 11.1 Å². The predicted octanol–water partition coefficient (Wildman–Crippen LogP) is 12.7. The molecule has 5 rings (SSSR count). The van der Waals surface area contributed by atoms with E-state index >= 15 is 0 Å². The predicted molar refractivity (Wildman–Crippen MR) is 245 cm³/mol. The maximum atomic E-state index is 12.9. The van der Waals surface area contributed by atoms with Crippen LogP contribution in [0.1, 0.15) is 138 Å². The zero-order chi connectivity index (χ0) is 43.2. The maximum absolute atomic E-state index is 12.9. The van der Waals surface area contributed by atoms with Gasteiger partial charge in [-0.3, -0.25) is 9.59 Å². The van der Waals surface area contributed by atoms with Crippen molar-refractivity contribution in [1.82, 2.24) is 0 Å². The summed E-state index contributed by atoms with van der Waals surface area (Å²) in [6.45, 7) is 24.2. The molecule has 1 saturated heterocycles. The van der Waals surface area contributed by atoms with E-state index in [2.05, 4.69) is 12.2 Å². The molecule has 1 aromatic heterocycles. The van der Waals surface area contributed by atoms with Gasteiger partial charge in [-0.05, 0) is 104 Å². The number of allylic oxidation sites excluding steroid dienone is 5. The summed E-state index contributed by atoms with van der Waals surface area (Å²) < 4.78 is 11.6. The van der Waals surface area contributed by atoms with E-state index in [9.17, 15) is 19.5 Å². The summed E-state index contributed by atoms with van der Waals surface area (Å²) >= 11 is 0. The minimum absolute atomic E-state index is 0.0509. The van der Waals surface area contributed by atoms with Gasteiger partial charge in [-0.1, -0.05) is 106 Å². The first-order valence-electron chi connectivity index (χ1n) is 21.7. The van der Waals surface area contributed by atoms with Gasteiger partial charge < -0.3 is 24.5 Å². The van der Waals surface area contributed by atoms with Gasteiger partial charge in [-0.25, -0.2) is 9.79 Å². The Labute approximate surface area is 348 Å². The molecule has 1 aliphatic carbocycles. The molecule has 0 bridgehead atoms. The number of carbonyl (C=O) groups excluding carboxylic acids is 1. The Kier molecular flexibility index (Phi) is 22.4. The Morgan fingerprint density at radius 2 is 1.64 bits per heavy atom. The molecule has 2 N–H and O–H groups in total. The van der Waals surface area contributed by atoms with Gasteiger partial charge in [0.25, 0.3) is 0 Å². The van der Waals surface area contributed by atoms with E-state index in [0.29, 0.717) is 83.5 Å². The first-order valence-corrected chi connectivity index (χ1v) is 21.7. The molecule has 2 heterocycles. The summed E-state index contributed by atoms with van der Waals surface area (Å²) in [5, 5.41) is 13.7. The van der Waals surface area contributed by atoms with Crippen LogP contribution in [0.3, 0.4) is 0 Å². The normalized spacial score (nSPS) is 15.7. The Morgan fingerprint density at radius 1 is 0.966 bits per heavy atom. The van der Waals surface area contributed by atoms with Crippen molar-refractivity contribution in [2.45, 2.75) is 128 Å². The quantitative estimate of drug-likeness (QED) is 0.0939. The molecule has 0 radical (unpaired) electrons. The van der Waals surface area contributed by atoms with Crippen LogP contribution in [0, 0.1) is 11.8 Å². The number of carboxylic acids is 1. The maximum Gasteiger partial charge on any atom is 0.335 e. The van der Waals surface area contributed by atoms with Gasteiger partial charge in [0.1, 0.15) is 11.4 Å². The average Bonchev–Trinajstić information content (AvgIpc) is 3.77. The number of aliphatic imine (C=N–C) groups is 1. The van der Waals surface area contributed by atoms with E-state index in [1.807, 2.05) is 98.4 Å². The highest BCUT2D eigenvalue weighted by atomic mass is 16.5. The third-order valence-corrected chi connectivity index (χ3v) is 10.2. The summed E-state index contributed by atoms with van der Waals surface area (Å²) in [5.74, 6) is 1.13. The van der Waals surface area contributed by atoms with Crippen LogP contribution < -0.4 is 15.6 Å². The van der Waals surface area contributed by atoms with Crippen LogP contribution in [0.4, 0.5) is 11.6 Å². The fourth-order valence-electron chi connectivity index (χ4n) is 6.94. The van der Waals surface area contributed by atoms with Crippen LogP contribution >= 0.6 is 0 Å². The zero-order valence-electron chi connectivity index (χ0n) is 37.3. The second-order valence-electron chi connectivity index (χ2n) is 14.4. The van der Waals surface area contributed by atoms with Crippen LogP contribution in [0.2, 0.25) is 0 Å². The number of Topliss-reactive ketones (excluding diaryl/α,β-unsaturated/α-hetero) is 1. The van der Waals surface area contributed by atoms with Gasteiger partial charge in [0.15, 0.2) is 17.1 Å². The lowest BCUT2D eigenvalue weighted by Crippen LogP contribution is -2.36. The van der Waals surface area contributed by atoms with E-state index in [-0.39, 0.29) is 22.7 Å². The van der Waals surface area contributed by atoms with Gasteiger partial charge in [-0.15, -0.1) is 0 Å². The number of morpholine rings is 1. The molecular weight excluding hydrogens is 727 g/mol. The standard InChI is InChI=1S/C37H43N3O6.C8H16.2C2H6/c1-7-10-34(38-25(6)26(9-3)17-24(5)36(42)23(4)8-2)39-30-19-28(18-29(20-30)37(43)44)27-11-12-31-32(41)22-35(46-33(31)21-27)40-13-15-45-16-14-40;1-2-5-8-6-3-4-7-8;2*1-2/h9-12,17-23,39H,7-8,13-16H2,1-6H3,(H,43,44);8H,2-7H2,1H3;2*1-2H3/b24-17+,26-9-,34-10-,38-25-;;;. The molecule has 3 aromatic rings. The number of aromatic carboxylic acids is 1. The molecule has 0 spiro atoms. The largest absolute Gasteiger partial charge is 0.478 e. The van der Waals surface area contributed by atoms with Crippen molar-refractivity contribution in [2.24, 2.45) is 16.8 Å². The lowest BCUT2D eigenvalue weighted by Gasteiger charge is -2.27. The fourth-order valence-corrected chi connectivity index (χ4v) is 6.94. The zero-order valence-corrected chi connectivity index (χ0v) is 37.3. The van der Waals surface area contributed by atoms with Gasteiger partial charge in [0.05, 0.1) is 24.2 Å². The van der Waals surface area contributed by atoms with Crippen molar-refractivity contribution >= 4 is 40.0 Å². The Morgan fingerprint density at radius 3 is 2.22 bits per heavy atom. The van der Waals surface area contributed by atoms with Gasteiger partial charge in [-0.2, -0.15) is 0 Å². The minimum atomic E-state index is -1.07. The Balaban J connectivity index is 0.000000842. The summed E-state index contributed by atoms with van der Waals surface area (Å²) in [4.78, 5) is 44.6. The first-order chi connectivity index (χ1) is 28.0. The average molecular weight is 798 g/mol. The monoisotopic (exact) mass is 798 g/mol. The summed E-state index contributed by atoms with van der Waals surface area (Å²) in [6.07, 6.45) is 16.1. The van der Waals surface area contributed by atoms with E-state index in [1.54, 1.807) is 30.3 Å². The SMILES string of the molecule is C/C=C(/C=C(\C)C(=O)C(C)CC)C(\C)=N/C(=C/CC)Nc1cc(C(=O)O)cc(-c2ccc3c(=O)cc(N4CCOCC4)oc3c2)c1.CC.CC.CCCC1CCCC1. The number of rotatable bonds is 14. The first kappa shape index (κ1) is 49.4. The second kappa shape index (κ2) is 26.3.